The molecule has 24 heavy (non-hydrogen) atoms. The predicted octanol–water partition coefficient (Wildman–Crippen LogP) is 5.80. The summed E-state index contributed by atoms with van der Waals surface area (Å²) in [5, 5.41) is 5.68. The molecule has 0 radical (unpaired) electrons. The number of pyridine rings is 1. The maximum atomic E-state index is 11.2. The van der Waals surface area contributed by atoms with Gasteiger partial charge in [-0.2, -0.15) is 0 Å². The summed E-state index contributed by atoms with van der Waals surface area (Å²) in [4.78, 5) is 16.0. The van der Waals surface area contributed by atoms with Crippen molar-refractivity contribution in [1.82, 2.24) is 4.98 Å². The first-order valence-electron chi connectivity index (χ1n) is 7.40. The summed E-state index contributed by atoms with van der Waals surface area (Å²) in [6.45, 7) is 0. The zero-order valence-electron chi connectivity index (χ0n) is 12.5. The van der Waals surface area contributed by atoms with E-state index in [0.717, 1.165) is 32.9 Å². The topological polar surface area (TPSA) is 68.3 Å². The molecule has 4 rings (SSSR count). The van der Waals surface area contributed by atoms with Gasteiger partial charge in [-0.05, 0) is 33.2 Å². The Morgan fingerprint density at radius 2 is 1.67 bits per heavy atom. The summed E-state index contributed by atoms with van der Waals surface area (Å²) in [6, 6.07) is 19.5. The maximum absolute atomic E-state index is 11.2. The highest BCUT2D eigenvalue weighted by Crippen LogP contribution is 2.43. The van der Waals surface area contributed by atoms with Crippen LogP contribution >= 0.6 is 15.9 Å². The third-order valence-electron chi connectivity index (χ3n) is 4.09. The number of hydrogen-bond acceptors (Lipinski definition) is 4. The van der Waals surface area contributed by atoms with E-state index in [2.05, 4.69) is 21.1 Å². The number of anilines is 1. The highest BCUT2D eigenvalue weighted by Gasteiger charge is 2.17. The van der Waals surface area contributed by atoms with Crippen LogP contribution in [0.15, 0.2) is 70.3 Å². The molecule has 1 heterocycles. The van der Waals surface area contributed by atoms with Gasteiger partial charge < -0.3 is 5.73 Å². The van der Waals surface area contributed by atoms with Gasteiger partial charge in [-0.25, -0.2) is 4.98 Å². The fourth-order valence-electron chi connectivity index (χ4n) is 3.01. The Bertz CT molecular complexity index is 1090. The highest BCUT2D eigenvalue weighted by atomic mass is 79.9. The molecule has 3 aromatic carbocycles. The van der Waals surface area contributed by atoms with Crippen LogP contribution in [-0.2, 0) is 0 Å². The van der Waals surface area contributed by atoms with Crippen molar-refractivity contribution >= 4 is 49.0 Å². The fraction of sp³-hybridized carbons (Fsp3) is 0. The number of nitrogens with zero attached hydrogens (tertiary/aromatic N) is 2. The monoisotopic (exact) mass is 377 g/mol. The number of nitrogen functional groups attached to an aromatic ring is 1. The third kappa shape index (κ3) is 2.17. The first kappa shape index (κ1) is 14.8. The van der Waals surface area contributed by atoms with Crippen LogP contribution < -0.4 is 5.73 Å². The molecule has 4 nitrogen and oxygen atoms in total. The Morgan fingerprint density at radius 3 is 2.42 bits per heavy atom. The van der Waals surface area contributed by atoms with E-state index in [1.54, 1.807) is 0 Å². The largest absolute Gasteiger partial charge is 0.396 e. The lowest BCUT2D eigenvalue weighted by Gasteiger charge is -2.13. The number of para-hydroxylation sites is 1. The second kappa shape index (κ2) is 5.69. The molecule has 116 valence electrons. The minimum absolute atomic E-state index is 0.220. The molecule has 0 bridgehead atoms. The van der Waals surface area contributed by atoms with Crippen molar-refractivity contribution in [2.75, 3.05) is 5.73 Å². The summed E-state index contributed by atoms with van der Waals surface area (Å²) >= 11 is 3.40. The predicted molar refractivity (Wildman–Crippen MR) is 102 cm³/mol. The average molecular weight is 378 g/mol. The first-order valence-corrected chi connectivity index (χ1v) is 8.19. The van der Waals surface area contributed by atoms with Crippen LogP contribution in [0.1, 0.15) is 0 Å². The molecule has 0 unspecified atom stereocenters. The molecule has 0 aliphatic heterocycles. The SMILES string of the molecule is Nc1c(N=O)c(Br)cc2c(-c3ccccc3)nc3ccccc3c12. The lowest BCUT2D eigenvalue weighted by molar-refractivity contribution is 1.42. The number of aromatic nitrogens is 1. The third-order valence-corrected chi connectivity index (χ3v) is 4.69. The molecular formula is C19H12BrN3O. The van der Waals surface area contributed by atoms with E-state index in [1.165, 1.54) is 0 Å². The summed E-state index contributed by atoms with van der Waals surface area (Å²) in [7, 11) is 0. The fourth-order valence-corrected chi connectivity index (χ4v) is 3.52. The Kier molecular flexibility index (Phi) is 3.50. The number of benzene rings is 3. The van der Waals surface area contributed by atoms with Gasteiger partial charge in [0.2, 0.25) is 0 Å². The molecule has 0 atom stereocenters. The Morgan fingerprint density at radius 1 is 0.958 bits per heavy atom. The van der Waals surface area contributed by atoms with Crippen molar-refractivity contribution in [2.24, 2.45) is 5.18 Å². The zero-order valence-corrected chi connectivity index (χ0v) is 14.1. The molecule has 0 saturated heterocycles. The quantitative estimate of drug-likeness (QED) is 0.272. The maximum Gasteiger partial charge on any atom is 0.145 e. The zero-order chi connectivity index (χ0) is 16.7. The second-order valence-electron chi connectivity index (χ2n) is 5.48. The van der Waals surface area contributed by atoms with Crippen LogP contribution in [0.3, 0.4) is 0 Å². The van der Waals surface area contributed by atoms with Crippen LogP contribution in [0.5, 0.6) is 0 Å². The Hall–Kier alpha value is -2.79. The van der Waals surface area contributed by atoms with Gasteiger partial charge in [0.15, 0.2) is 0 Å². The highest BCUT2D eigenvalue weighted by molar-refractivity contribution is 9.10. The van der Waals surface area contributed by atoms with Crippen molar-refractivity contribution in [3.63, 3.8) is 0 Å². The normalized spacial score (nSPS) is 11.0. The lowest BCUT2D eigenvalue weighted by Crippen LogP contribution is -1.95. The van der Waals surface area contributed by atoms with Gasteiger partial charge in [0.1, 0.15) is 5.69 Å². The molecule has 2 N–H and O–H groups in total. The molecule has 0 aliphatic rings. The van der Waals surface area contributed by atoms with Crippen molar-refractivity contribution in [3.05, 3.63) is 70.0 Å². The van der Waals surface area contributed by atoms with Gasteiger partial charge >= 0.3 is 0 Å². The van der Waals surface area contributed by atoms with E-state index in [9.17, 15) is 4.91 Å². The summed E-state index contributed by atoms with van der Waals surface area (Å²) in [6.07, 6.45) is 0. The molecular weight excluding hydrogens is 366 g/mol. The molecule has 0 aliphatic carbocycles. The molecule has 4 aromatic rings. The summed E-state index contributed by atoms with van der Waals surface area (Å²) in [5.41, 5.74) is 9.53. The van der Waals surface area contributed by atoms with Crippen molar-refractivity contribution in [2.45, 2.75) is 0 Å². The number of nitroso groups, excluding NO2 is 1. The number of fused-ring (bicyclic) bond motifs is 3. The van der Waals surface area contributed by atoms with Gasteiger partial charge in [0, 0.05) is 26.2 Å². The molecule has 0 spiro atoms. The van der Waals surface area contributed by atoms with Crippen LogP contribution in [0, 0.1) is 4.91 Å². The van der Waals surface area contributed by atoms with Crippen molar-refractivity contribution < 1.29 is 0 Å². The molecule has 0 fully saturated rings. The standard InChI is InChI=1S/C19H12BrN3O/c20-14-10-13-16(17(21)19(14)23-24)12-8-4-5-9-15(12)22-18(13)11-6-2-1-3-7-11/h1-10H,21H2. The van der Waals surface area contributed by atoms with Crippen molar-refractivity contribution in [1.29, 1.82) is 0 Å². The lowest BCUT2D eigenvalue weighted by atomic mass is 9.98. The van der Waals surface area contributed by atoms with E-state index in [4.69, 9.17) is 10.7 Å². The molecule has 1 aromatic heterocycles. The number of hydrogen-bond donors (Lipinski definition) is 1. The Balaban J connectivity index is 2.26. The van der Waals surface area contributed by atoms with Crippen LogP contribution in [0.25, 0.3) is 32.9 Å². The minimum Gasteiger partial charge on any atom is -0.396 e. The molecule has 0 saturated carbocycles. The van der Waals surface area contributed by atoms with Crippen LogP contribution in [0.4, 0.5) is 11.4 Å². The summed E-state index contributed by atoms with van der Waals surface area (Å²) < 4.78 is 0.566. The number of rotatable bonds is 2. The number of halogens is 1. The smallest absolute Gasteiger partial charge is 0.145 e. The number of nitrogens with two attached hydrogens (primary N) is 1. The summed E-state index contributed by atoms with van der Waals surface area (Å²) in [5.74, 6) is 0. The molecule has 5 heteroatoms. The second-order valence-corrected chi connectivity index (χ2v) is 6.33. The Labute approximate surface area is 146 Å². The van der Waals surface area contributed by atoms with E-state index >= 15 is 0 Å². The van der Waals surface area contributed by atoms with Crippen LogP contribution in [0.2, 0.25) is 0 Å². The van der Waals surface area contributed by atoms with E-state index in [0.29, 0.717) is 10.2 Å². The van der Waals surface area contributed by atoms with E-state index in [-0.39, 0.29) is 5.69 Å². The average Bonchev–Trinajstić information content (AvgIpc) is 2.62. The van der Waals surface area contributed by atoms with E-state index in [1.807, 2.05) is 60.7 Å². The van der Waals surface area contributed by atoms with Gasteiger partial charge in [-0.15, -0.1) is 4.91 Å². The van der Waals surface area contributed by atoms with Crippen LogP contribution in [-0.4, -0.2) is 4.98 Å². The van der Waals surface area contributed by atoms with Gasteiger partial charge in [-0.3, -0.25) is 0 Å². The molecule has 0 amide bonds. The first-order chi connectivity index (χ1) is 11.7. The van der Waals surface area contributed by atoms with Gasteiger partial charge in [0.05, 0.1) is 16.9 Å². The van der Waals surface area contributed by atoms with E-state index < -0.39 is 0 Å². The van der Waals surface area contributed by atoms with Crippen molar-refractivity contribution in [3.8, 4) is 11.3 Å². The minimum atomic E-state index is 0.220. The van der Waals surface area contributed by atoms with Gasteiger partial charge in [-0.1, -0.05) is 48.5 Å². The van der Waals surface area contributed by atoms with Gasteiger partial charge in [0.25, 0.3) is 0 Å².